The molecule has 2 aromatic carbocycles. The molecule has 0 atom stereocenters. The van der Waals surface area contributed by atoms with Crippen LogP contribution in [-0.4, -0.2) is 6.54 Å². The van der Waals surface area contributed by atoms with Gasteiger partial charge in [-0.25, -0.2) is 0 Å². The normalized spacial score (nSPS) is 10.7. The van der Waals surface area contributed by atoms with Gasteiger partial charge in [0.2, 0.25) is 0 Å². The number of benzene rings is 2. The topological polar surface area (TPSA) is 35.2 Å². The molecule has 0 saturated heterocycles. The van der Waals surface area contributed by atoms with Crippen molar-refractivity contribution in [2.24, 2.45) is 5.73 Å². The Morgan fingerprint density at radius 3 is 2.37 bits per heavy atom. The van der Waals surface area contributed by atoms with Crippen molar-refractivity contribution in [3.63, 3.8) is 0 Å². The van der Waals surface area contributed by atoms with E-state index in [0.717, 1.165) is 17.9 Å². The first-order chi connectivity index (χ1) is 9.19. The van der Waals surface area contributed by atoms with Crippen molar-refractivity contribution in [2.75, 3.05) is 6.54 Å². The molecule has 19 heavy (non-hydrogen) atoms. The molecule has 0 unspecified atom stereocenters. The van der Waals surface area contributed by atoms with Gasteiger partial charge in [0.05, 0.1) is 0 Å². The van der Waals surface area contributed by atoms with Crippen LogP contribution in [0.5, 0.6) is 11.5 Å². The average molecular weight is 255 g/mol. The zero-order chi connectivity index (χ0) is 13.7. The summed E-state index contributed by atoms with van der Waals surface area (Å²) in [5.41, 5.74) is 8.07. The van der Waals surface area contributed by atoms with Gasteiger partial charge >= 0.3 is 0 Å². The Morgan fingerprint density at radius 2 is 1.74 bits per heavy atom. The van der Waals surface area contributed by atoms with Gasteiger partial charge in [0.15, 0.2) is 0 Å². The minimum atomic E-state index is 0.510. The second kappa shape index (κ2) is 6.39. The Morgan fingerprint density at radius 1 is 1.00 bits per heavy atom. The lowest BCUT2D eigenvalue weighted by Crippen LogP contribution is -2.02. The second-order valence-corrected chi connectivity index (χ2v) is 5.01. The van der Waals surface area contributed by atoms with Gasteiger partial charge in [0.1, 0.15) is 11.5 Å². The van der Waals surface area contributed by atoms with Gasteiger partial charge < -0.3 is 10.5 Å². The van der Waals surface area contributed by atoms with Gasteiger partial charge in [-0.1, -0.05) is 38.1 Å². The summed E-state index contributed by atoms with van der Waals surface area (Å²) in [7, 11) is 0. The largest absolute Gasteiger partial charge is 0.457 e. The molecule has 2 heteroatoms. The predicted octanol–water partition coefficient (Wildman–Crippen LogP) is 4.10. The molecule has 0 spiro atoms. The second-order valence-electron chi connectivity index (χ2n) is 5.01. The molecule has 2 nitrogen and oxygen atoms in total. The van der Waals surface area contributed by atoms with Crippen LogP contribution in [0.25, 0.3) is 0 Å². The molecule has 2 N–H and O–H groups in total. The van der Waals surface area contributed by atoms with E-state index in [-0.39, 0.29) is 0 Å². The van der Waals surface area contributed by atoms with Crippen molar-refractivity contribution < 1.29 is 4.74 Å². The molecule has 0 aliphatic carbocycles. The molecule has 0 bridgehead atoms. The van der Waals surface area contributed by atoms with E-state index in [0.29, 0.717) is 12.5 Å². The third-order valence-corrected chi connectivity index (χ3v) is 3.12. The molecule has 0 fully saturated rings. The molecular formula is C17H21NO. The molecule has 0 amide bonds. The van der Waals surface area contributed by atoms with Gasteiger partial charge in [-0.15, -0.1) is 0 Å². The van der Waals surface area contributed by atoms with Crippen LogP contribution in [0.2, 0.25) is 0 Å². The summed E-state index contributed by atoms with van der Waals surface area (Å²) in [5, 5.41) is 0. The van der Waals surface area contributed by atoms with Crippen LogP contribution < -0.4 is 10.5 Å². The molecule has 0 aliphatic rings. The predicted molar refractivity (Wildman–Crippen MR) is 79.8 cm³/mol. The van der Waals surface area contributed by atoms with Gasteiger partial charge in [-0.3, -0.25) is 0 Å². The van der Waals surface area contributed by atoms with E-state index >= 15 is 0 Å². The fraction of sp³-hybridized carbons (Fsp3) is 0.294. The first kappa shape index (κ1) is 13.6. The van der Waals surface area contributed by atoms with Crippen LogP contribution in [-0.2, 0) is 6.42 Å². The molecule has 0 aromatic heterocycles. The summed E-state index contributed by atoms with van der Waals surface area (Å²) in [5.74, 6) is 2.26. The summed E-state index contributed by atoms with van der Waals surface area (Å²) < 4.78 is 5.87. The van der Waals surface area contributed by atoms with Crippen molar-refractivity contribution in [3.8, 4) is 11.5 Å². The van der Waals surface area contributed by atoms with E-state index < -0.39 is 0 Å². The summed E-state index contributed by atoms with van der Waals surface area (Å²) in [6.07, 6.45) is 0.906. The van der Waals surface area contributed by atoms with Crippen LogP contribution in [0.1, 0.15) is 30.9 Å². The first-order valence-electron chi connectivity index (χ1n) is 6.76. The lowest BCUT2D eigenvalue weighted by atomic mass is 10.0. The highest BCUT2D eigenvalue weighted by molar-refractivity contribution is 5.36. The van der Waals surface area contributed by atoms with Crippen molar-refractivity contribution in [1.82, 2.24) is 0 Å². The van der Waals surface area contributed by atoms with E-state index in [4.69, 9.17) is 10.5 Å². The molecule has 0 radical (unpaired) electrons. The standard InChI is InChI=1S/C17H21NO/c1-13(2)15-4-3-5-17(12-15)19-16-8-6-14(7-9-16)10-11-18/h3-9,12-13H,10-11,18H2,1-2H3. The maximum absolute atomic E-state index is 5.87. The lowest BCUT2D eigenvalue weighted by Gasteiger charge is -2.10. The van der Waals surface area contributed by atoms with Crippen LogP contribution in [0.15, 0.2) is 48.5 Å². The highest BCUT2D eigenvalue weighted by atomic mass is 16.5. The Kier molecular flexibility index (Phi) is 4.58. The lowest BCUT2D eigenvalue weighted by molar-refractivity contribution is 0.481. The van der Waals surface area contributed by atoms with Crippen molar-refractivity contribution >= 4 is 0 Å². The van der Waals surface area contributed by atoms with Crippen LogP contribution in [0, 0.1) is 0 Å². The van der Waals surface area contributed by atoms with E-state index in [2.05, 4.69) is 38.1 Å². The molecular weight excluding hydrogens is 234 g/mol. The molecule has 2 aromatic rings. The number of nitrogens with two attached hydrogens (primary N) is 1. The Labute approximate surface area is 115 Å². The molecule has 0 aliphatic heterocycles. The maximum atomic E-state index is 5.87. The van der Waals surface area contributed by atoms with Crippen LogP contribution in [0.3, 0.4) is 0 Å². The summed E-state index contributed by atoms with van der Waals surface area (Å²) in [6.45, 7) is 5.04. The minimum absolute atomic E-state index is 0.510. The quantitative estimate of drug-likeness (QED) is 0.872. The molecule has 100 valence electrons. The minimum Gasteiger partial charge on any atom is -0.457 e. The van der Waals surface area contributed by atoms with Crippen LogP contribution >= 0.6 is 0 Å². The zero-order valence-corrected chi connectivity index (χ0v) is 11.6. The third kappa shape index (κ3) is 3.83. The number of rotatable bonds is 5. The Hall–Kier alpha value is -1.80. The van der Waals surface area contributed by atoms with Gasteiger partial charge in [-0.05, 0) is 54.3 Å². The Bertz CT molecular complexity index is 517. The number of hydrogen-bond acceptors (Lipinski definition) is 2. The smallest absolute Gasteiger partial charge is 0.127 e. The van der Waals surface area contributed by atoms with E-state index in [9.17, 15) is 0 Å². The fourth-order valence-corrected chi connectivity index (χ4v) is 1.96. The van der Waals surface area contributed by atoms with Crippen molar-refractivity contribution in [2.45, 2.75) is 26.2 Å². The summed E-state index contributed by atoms with van der Waals surface area (Å²) >= 11 is 0. The van der Waals surface area contributed by atoms with Crippen LogP contribution in [0.4, 0.5) is 0 Å². The SMILES string of the molecule is CC(C)c1cccc(Oc2ccc(CCN)cc2)c1. The highest BCUT2D eigenvalue weighted by Gasteiger charge is 2.02. The number of ether oxygens (including phenoxy) is 1. The molecule has 0 heterocycles. The van der Waals surface area contributed by atoms with E-state index in [1.807, 2.05) is 24.3 Å². The average Bonchev–Trinajstić information content (AvgIpc) is 2.42. The fourth-order valence-electron chi connectivity index (χ4n) is 1.96. The van der Waals surface area contributed by atoms with Gasteiger partial charge in [0.25, 0.3) is 0 Å². The first-order valence-corrected chi connectivity index (χ1v) is 6.76. The number of hydrogen-bond donors (Lipinski definition) is 1. The monoisotopic (exact) mass is 255 g/mol. The Balaban J connectivity index is 2.10. The van der Waals surface area contributed by atoms with Crippen molar-refractivity contribution in [1.29, 1.82) is 0 Å². The zero-order valence-electron chi connectivity index (χ0n) is 11.6. The van der Waals surface area contributed by atoms with E-state index in [1.165, 1.54) is 11.1 Å². The van der Waals surface area contributed by atoms with Gasteiger partial charge in [-0.2, -0.15) is 0 Å². The molecule has 0 saturated carbocycles. The van der Waals surface area contributed by atoms with E-state index in [1.54, 1.807) is 0 Å². The van der Waals surface area contributed by atoms with Crippen molar-refractivity contribution in [3.05, 3.63) is 59.7 Å². The highest BCUT2D eigenvalue weighted by Crippen LogP contribution is 2.25. The maximum Gasteiger partial charge on any atom is 0.127 e. The summed E-state index contributed by atoms with van der Waals surface area (Å²) in [6, 6.07) is 16.4. The molecule has 2 rings (SSSR count). The summed E-state index contributed by atoms with van der Waals surface area (Å²) in [4.78, 5) is 0. The third-order valence-electron chi connectivity index (χ3n) is 3.12. The van der Waals surface area contributed by atoms with Gasteiger partial charge in [0, 0.05) is 0 Å².